The maximum Gasteiger partial charge on any atom is 0.0714 e. The Hall–Kier alpha value is -6.70. The Morgan fingerprint density at radius 1 is 0.346 bits per heavy atom. The number of rotatable bonds is 6. The van der Waals surface area contributed by atoms with Gasteiger partial charge in [0.25, 0.3) is 0 Å². The van der Waals surface area contributed by atoms with Gasteiger partial charge in [0.05, 0.1) is 11.1 Å². The van der Waals surface area contributed by atoms with E-state index in [1.165, 1.54) is 66.1 Å². The van der Waals surface area contributed by atoms with Gasteiger partial charge in [-0.15, -0.1) is 0 Å². The van der Waals surface area contributed by atoms with E-state index in [0.717, 1.165) is 17.1 Å². The van der Waals surface area contributed by atoms with Crippen molar-refractivity contribution in [2.24, 2.45) is 0 Å². The zero-order valence-corrected chi connectivity index (χ0v) is 28.7. The van der Waals surface area contributed by atoms with Crippen molar-refractivity contribution >= 4 is 38.6 Å². The van der Waals surface area contributed by atoms with Gasteiger partial charge in [0, 0.05) is 16.9 Å². The van der Waals surface area contributed by atoms with Crippen LogP contribution in [0.15, 0.2) is 212 Å². The molecule has 0 heterocycles. The van der Waals surface area contributed by atoms with Crippen LogP contribution in [0.1, 0.15) is 22.3 Å². The molecule has 52 heavy (non-hydrogen) atoms. The second-order valence-corrected chi connectivity index (χ2v) is 13.7. The summed E-state index contributed by atoms with van der Waals surface area (Å²) in [4.78, 5) is 2.44. The van der Waals surface area contributed by atoms with Crippen molar-refractivity contribution in [1.82, 2.24) is 0 Å². The van der Waals surface area contributed by atoms with Gasteiger partial charge in [-0.2, -0.15) is 0 Å². The zero-order chi connectivity index (χ0) is 34.5. The van der Waals surface area contributed by atoms with Crippen molar-refractivity contribution in [3.8, 4) is 22.3 Å². The van der Waals surface area contributed by atoms with E-state index < -0.39 is 5.41 Å². The minimum absolute atomic E-state index is 0.468. The van der Waals surface area contributed by atoms with Crippen LogP contribution in [0.4, 0.5) is 17.1 Å². The number of benzene rings is 9. The third kappa shape index (κ3) is 4.63. The first-order valence-electron chi connectivity index (χ1n) is 18.0. The largest absolute Gasteiger partial charge is 0.310 e. The van der Waals surface area contributed by atoms with E-state index in [1.807, 2.05) is 0 Å². The van der Waals surface area contributed by atoms with Crippen LogP contribution in [-0.2, 0) is 5.41 Å². The van der Waals surface area contributed by atoms with E-state index in [-0.39, 0.29) is 0 Å². The molecule has 0 spiro atoms. The number of nitrogens with zero attached hydrogens (tertiary/aromatic N) is 1. The molecule has 244 valence electrons. The SMILES string of the molecule is c1ccc(N(c2cccc(-c3ccc4c(ccc5ccccc54)c3)c2)c2cccc3c2-c2ccccc2C3(c2ccccc2)c2ccccc2)cc1. The molecule has 0 saturated carbocycles. The molecule has 1 aliphatic carbocycles. The molecule has 1 nitrogen and oxygen atoms in total. The lowest BCUT2D eigenvalue weighted by atomic mass is 9.68. The Labute approximate surface area is 304 Å². The second kappa shape index (κ2) is 12.3. The predicted octanol–water partition coefficient (Wildman–Crippen LogP) is 13.5. The monoisotopic (exact) mass is 661 g/mol. The van der Waals surface area contributed by atoms with Crippen LogP contribution in [-0.4, -0.2) is 0 Å². The van der Waals surface area contributed by atoms with Crippen LogP contribution in [0.2, 0.25) is 0 Å². The molecule has 0 fully saturated rings. The summed E-state index contributed by atoms with van der Waals surface area (Å²) < 4.78 is 0. The Balaban J connectivity index is 1.20. The third-order valence-electron chi connectivity index (χ3n) is 10.9. The van der Waals surface area contributed by atoms with Crippen LogP contribution >= 0.6 is 0 Å². The standard InChI is InChI=1S/C51H35N/c1-4-18-40(19-5-1)51(41-20-6-2-7-21-41)47-27-13-12-26-46(47)50-48(51)28-15-29-49(50)52(42-22-8-3-9-23-42)43-24-14-17-37(35-43)38-32-33-45-39(34-38)31-30-36-16-10-11-25-44(36)45/h1-35H. The first kappa shape index (κ1) is 30.2. The van der Waals surface area contributed by atoms with Gasteiger partial charge in [0.15, 0.2) is 0 Å². The van der Waals surface area contributed by atoms with Gasteiger partial charge in [-0.3, -0.25) is 0 Å². The van der Waals surface area contributed by atoms with Crippen molar-refractivity contribution in [2.45, 2.75) is 5.41 Å². The highest BCUT2D eigenvalue weighted by molar-refractivity contribution is 6.08. The van der Waals surface area contributed by atoms with Gasteiger partial charge in [-0.05, 0) is 96.9 Å². The van der Waals surface area contributed by atoms with Gasteiger partial charge in [0.2, 0.25) is 0 Å². The molecule has 1 heteroatoms. The van der Waals surface area contributed by atoms with E-state index in [4.69, 9.17) is 0 Å². The fourth-order valence-corrected chi connectivity index (χ4v) is 8.68. The van der Waals surface area contributed by atoms with Crippen molar-refractivity contribution < 1.29 is 0 Å². The van der Waals surface area contributed by atoms with E-state index in [2.05, 4.69) is 217 Å². The molecular formula is C51H35N. The van der Waals surface area contributed by atoms with Gasteiger partial charge < -0.3 is 4.90 Å². The van der Waals surface area contributed by atoms with Crippen LogP contribution in [0, 0.1) is 0 Å². The Kier molecular flexibility index (Phi) is 7.11. The predicted molar refractivity (Wildman–Crippen MR) is 219 cm³/mol. The quantitative estimate of drug-likeness (QED) is 0.160. The highest BCUT2D eigenvalue weighted by Crippen LogP contribution is 2.59. The number of hydrogen-bond donors (Lipinski definition) is 0. The molecule has 9 aromatic rings. The van der Waals surface area contributed by atoms with E-state index in [1.54, 1.807) is 0 Å². The summed E-state index contributed by atoms with van der Waals surface area (Å²) in [5.41, 5.74) is 13.0. The molecule has 0 atom stereocenters. The van der Waals surface area contributed by atoms with Crippen LogP contribution in [0.3, 0.4) is 0 Å². The first-order chi connectivity index (χ1) is 25.8. The summed E-state index contributed by atoms with van der Waals surface area (Å²) in [6, 6.07) is 77.8. The zero-order valence-electron chi connectivity index (χ0n) is 28.7. The van der Waals surface area contributed by atoms with Gasteiger partial charge in [0.1, 0.15) is 0 Å². The average Bonchev–Trinajstić information content (AvgIpc) is 3.53. The molecule has 0 saturated heterocycles. The molecular weight excluding hydrogens is 627 g/mol. The molecule has 0 N–H and O–H groups in total. The summed E-state index contributed by atoms with van der Waals surface area (Å²) in [6.07, 6.45) is 0. The summed E-state index contributed by atoms with van der Waals surface area (Å²) in [6.45, 7) is 0. The maximum atomic E-state index is 2.44. The number of hydrogen-bond acceptors (Lipinski definition) is 1. The molecule has 0 aromatic heterocycles. The average molecular weight is 662 g/mol. The number of anilines is 3. The van der Waals surface area contributed by atoms with Crippen LogP contribution < -0.4 is 4.90 Å². The summed E-state index contributed by atoms with van der Waals surface area (Å²) >= 11 is 0. The smallest absolute Gasteiger partial charge is 0.0714 e. The molecule has 0 radical (unpaired) electrons. The second-order valence-electron chi connectivity index (χ2n) is 13.7. The lowest BCUT2D eigenvalue weighted by Gasteiger charge is -2.34. The normalized spacial score (nSPS) is 12.8. The molecule has 0 amide bonds. The Morgan fingerprint density at radius 2 is 0.923 bits per heavy atom. The lowest BCUT2D eigenvalue weighted by molar-refractivity contribution is 0.768. The van der Waals surface area contributed by atoms with Crippen molar-refractivity contribution in [1.29, 1.82) is 0 Å². The van der Waals surface area contributed by atoms with Gasteiger partial charge >= 0.3 is 0 Å². The van der Waals surface area contributed by atoms with Crippen LogP contribution in [0.25, 0.3) is 43.8 Å². The van der Waals surface area contributed by atoms with E-state index >= 15 is 0 Å². The summed E-state index contributed by atoms with van der Waals surface area (Å²) in [5, 5.41) is 5.08. The minimum atomic E-state index is -0.468. The van der Waals surface area contributed by atoms with Crippen molar-refractivity contribution in [3.63, 3.8) is 0 Å². The van der Waals surface area contributed by atoms with E-state index in [9.17, 15) is 0 Å². The molecule has 10 rings (SSSR count). The summed E-state index contributed by atoms with van der Waals surface area (Å²) in [7, 11) is 0. The van der Waals surface area contributed by atoms with Gasteiger partial charge in [-0.25, -0.2) is 0 Å². The van der Waals surface area contributed by atoms with Crippen molar-refractivity contribution in [2.75, 3.05) is 4.90 Å². The fraction of sp³-hybridized carbons (Fsp3) is 0.0196. The fourth-order valence-electron chi connectivity index (χ4n) is 8.68. The maximum absolute atomic E-state index is 2.44. The molecule has 0 aliphatic heterocycles. The first-order valence-corrected chi connectivity index (χ1v) is 18.0. The van der Waals surface area contributed by atoms with E-state index in [0.29, 0.717) is 0 Å². The van der Waals surface area contributed by atoms with Crippen molar-refractivity contribution in [3.05, 3.63) is 235 Å². The number of para-hydroxylation sites is 1. The molecule has 1 aliphatic rings. The molecule has 0 unspecified atom stereocenters. The molecule has 0 bridgehead atoms. The Bertz CT molecular complexity index is 2690. The highest BCUT2D eigenvalue weighted by Gasteiger charge is 2.47. The Morgan fingerprint density at radius 3 is 1.71 bits per heavy atom. The van der Waals surface area contributed by atoms with Crippen LogP contribution in [0.5, 0.6) is 0 Å². The van der Waals surface area contributed by atoms with Gasteiger partial charge in [-0.1, -0.05) is 176 Å². The third-order valence-corrected chi connectivity index (χ3v) is 10.9. The summed E-state index contributed by atoms with van der Waals surface area (Å²) in [5.74, 6) is 0. The minimum Gasteiger partial charge on any atom is -0.310 e. The lowest BCUT2D eigenvalue weighted by Crippen LogP contribution is -2.28. The number of fused-ring (bicyclic) bond motifs is 6. The molecule has 9 aromatic carbocycles. The topological polar surface area (TPSA) is 3.24 Å². The highest BCUT2D eigenvalue weighted by atomic mass is 15.1.